The first kappa shape index (κ1) is 13.0. The summed E-state index contributed by atoms with van der Waals surface area (Å²) >= 11 is 0. The Bertz CT molecular complexity index is 371. The van der Waals surface area contributed by atoms with Gasteiger partial charge in [0.15, 0.2) is 0 Å². The molecule has 0 aliphatic carbocycles. The predicted octanol–water partition coefficient (Wildman–Crippen LogP) is 5.08. The summed E-state index contributed by atoms with van der Waals surface area (Å²) in [5.41, 5.74) is 5.82. The molecular formula is C16H24. The molecule has 0 aliphatic rings. The van der Waals surface area contributed by atoms with Crippen molar-refractivity contribution in [1.29, 1.82) is 0 Å². The molecule has 0 aliphatic heterocycles. The molecule has 1 aromatic rings. The normalized spacial score (nSPS) is 11.0. The SMILES string of the molecule is CC(=C(C(C)C)C(C)C)c1ccccc1C. The Morgan fingerprint density at radius 1 is 0.938 bits per heavy atom. The Labute approximate surface area is 100 Å². The van der Waals surface area contributed by atoms with Crippen LogP contribution < -0.4 is 0 Å². The van der Waals surface area contributed by atoms with Crippen LogP contribution in [0.15, 0.2) is 29.8 Å². The standard InChI is InChI=1S/C16H24/c1-11(2)16(12(3)4)14(6)15-10-8-7-9-13(15)5/h7-12H,1-6H3. The average Bonchev–Trinajstić information content (AvgIpc) is 2.16. The smallest absolute Gasteiger partial charge is 0.0198 e. The second-order valence-corrected chi connectivity index (χ2v) is 5.20. The fourth-order valence-corrected chi connectivity index (χ4v) is 2.68. The minimum absolute atomic E-state index is 0.625. The van der Waals surface area contributed by atoms with Crippen LogP contribution in [0, 0.1) is 18.8 Å². The first-order valence-electron chi connectivity index (χ1n) is 6.21. The third-order valence-corrected chi connectivity index (χ3v) is 3.23. The van der Waals surface area contributed by atoms with Crippen molar-refractivity contribution in [2.45, 2.75) is 41.5 Å². The molecule has 0 radical (unpaired) electrons. The third kappa shape index (κ3) is 2.75. The molecule has 88 valence electrons. The van der Waals surface area contributed by atoms with E-state index >= 15 is 0 Å². The van der Waals surface area contributed by atoms with Gasteiger partial charge in [-0.2, -0.15) is 0 Å². The zero-order valence-electron chi connectivity index (χ0n) is 11.5. The molecule has 0 saturated carbocycles. The summed E-state index contributed by atoms with van der Waals surface area (Å²) in [5, 5.41) is 0. The lowest BCUT2D eigenvalue weighted by molar-refractivity contribution is 0.628. The van der Waals surface area contributed by atoms with Crippen LogP contribution in [-0.2, 0) is 0 Å². The van der Waals surface area contributed by atoms with E-state index in [-0.39, 0.29) is 0 Å². The van der Waals surface area contributed by atoms with Gasteiger partial charge in [-0.15, -0.1) is 0 Å². The summed E-state index contributed by atoms with van der Waals surface area (Å²) < 4.78 is 0. The van der Waals surface area contributed by atoms with Gasteiger partial charge in [0.2, 0.25) is 0 Å². The van der Waals surface area contributed by atoms with Gasteiger partial charge in [-0.1, -0.05) is 57.5 Å². The van der Waals surface area contributed by atoms with Gasteiger partial charge in [0.05, 0.1) is 0 Å². The van der Waals surface area contributed by atoms with Crippen LogP contribution in [0.2, 0.25) is 0 Å². The van der Waals surface area contributed by atoms with Gasteiger partial charge in [0, 0.05) is 0 Å². The summed E-state index contributed by atoms with van der Waals surface area (Å²) in [6, 6.07) is 8.66. The number of aryl methyl sites for hydroxylation is 1. The molecule has 0 aromatic heterocycles. The first-order chi connectivity index (χ1) is 7.45. The van der Waals surface area contributed by atoms with Crippen LogP contribution in [0.3, 0.4) is 0 Å². The summed E-state index contributed by atoms with van der Waals surface area (Å²) in [6.45, 7) is 13.6. The van der Waals surface area contributed by atoms with Gasteiger partial charge in [-0.3, -0.25) is 0 Å². The van der Waals surface area contributed by atoms with E-state index in [9.17, 15) is 0 Å². The van der Waals surface area contributed by atoms with Crippen molar-refractivity contribution in [1.82, 2.24) is 0 Å². The van der Waals surface area contributed by atoms with Gasteiger partial charge in [-0.25, -0.2) is 0 Å². The second-order valence-electron chi connectivity index (χ2n) is 5.20. The van der Waals surface area contributed by atoms with E-state index < -0.39 is 0 Å². The summed E-state index contributed by atoms with van der Waals surface area (Å²) in [6.07, 6.45) is 0. The number of allylic oxidation sites excluding steroid dienone is 2. The zero-order valence-corrected chi connectivity index (χ0v) is 11.5. The highest BCUT2D eigenvalue weighted by molar-refractivity contribution is 5.69. The van der Waals surface area contributed by atoms with Gasteiger partial charge in [-0.05, 0) is 42.4 Å². The van der Waals surface area contributed by atoms with Gasteiger partial charge >= 0.3 is 0 Å². The highest BCUT2D eigenvalue weighted by Crippen LogP contribution is 2.30. The lowest BCUT2D eigenvalue weighted by Gasteiger charge is -2.21. The van der Waals surface area contributed by atoms with Crippen LogP contribution >= 0.6 is 0 Å². The molecule has 0 fully saturated rings. The molecule has 0 saturated heterocycles. The predicted molar refractivity (Wildman–Crippen MR) is 73.4 cm³/mol. The van der Waals surface area contributed by atoms with Crippen LogP contribution in [-0.4, -0.2) is 0 Å². The summed E-state index contributed by atoms with van der Waals surface area (Å²) in [5.74, 6) is 1.25. The fraction of sp³-hybridized carbons (Fsp3) is 0.500. The lowest BCUT2D eigenvalue weighted by Crippen LogP contribution is -2.05. The molecule has 0 bridgehead atoms. The van der Waals surface area contributed by atoms with Crippen molar-refractivity contribution >= 4 is 5.57 Å². The molecule has 16 heavy (non-hydrogen) atoms. The van der Waals surface area contributed by atoms with Gasteiger partial charge in [0.1, 0.15) is 0 Å². The van der Waals surface area contributed by atoms with Crippen LogP contribution in [0.4, 0.5) is 0 Å². The Hall–Kier alpha value is -1.04. The number of rotatable bonds is 3. The Morgan fingerprint density at radius 3 is 1.88 bits per heavy atom. The Balaban J connectivity index is 3.30. The maximum atomic E-state index is 2.29. The van der Waals surface area contributed by atoms with Gasteiger partial charge < -0.3 is 0 Å². The molecule has 0 unspecified atom stereocenters. The number of benzene rings is 1. The van der Waals surface area contributed by atoms with E-state index in [2.05, 4.69) is 65.8 Å². The van der Waals surface area contributed by atoms with Crippen molar-refractivity contribution in [2.24, 2.45) is 11.8 Å². The van der Waals surface area contributed by atoms with E-state index in [4.69, 9.17) is 0 Å². The van der Waals surface area contributed by atoms with Crippen LogP contribution in [0.25, 0.3) is 5.57 Å². The molecule has 1 rings (SSSR count). The molecule has 0 spiro atoms. The van der Waals surface area contributed by atoms with Crippen LogP contribution in [0.1, 0.15) is 45.7 Å². The molecule has 0 atom stereocenters. The van der Waals surface area contributed by atoms with E-state index in [1.807, 2.05) is 0 Å². The zero-order chi connectivity index (χ0) is 12.3. The molecule has 0 heterocycles. The van der Waals surface area contributed by atoms with E-state index in [1.165, 1.54) is 16.7 Å². The highest BCUT2D eigenvalue weighted by Gasteiger charge is 2.13. The maximum absolute atomic E-state index is 2.29. The Morgan fingerprint density at radius 2 is 1.44 bits per heavy atom. The quantitative estimate of drug-likeness (QED) is 0.661. The highest BCUT2D eigenvalue weighted by atomic mass is 14.2. The van der Waals surface area contributed by atoms with E-state index in [1.54, 1.807) is 5.57 Å². The molecule has 0 nitrogen and oxygen atoms in total. The monoisotopic (exact) mass is 216 g/mol. The maximum Gasteiger partial charge on any atom is -0.0198 e. The third-order valence-electron chi connectivity index (χ3n) is 3.23. The van der Waals surface area contributed by atoms with Crippen molar-refractivity contribution < 1.29 is 0 Å². The second kappa shape index (κ2) is 5.34. The largest absolute Gasteiger partial charge is 0.0620 e. The lowest BCUT2D eigenvalue weighted by atomic mass is 9.85. The molecular weight excluding hydrogens is 192 g/mol. The molecule has 1 aromatic carbocycles. The molecule has 0 heteroatoms. The minimum atomic E-state index is 0.625. The topological polar surface area (TPSA) is 0 Å². The van der Waals surface area contributed by atoms with Crippen molar-refractivity contribution in [3.8, 4) is 0 Å². The fourth-order valence-electron chi connectivity index (χ4n) is 2.68. The summed E-state index contributed by atoms with van der Waals surface area (Å²) in [7, 11) is 0. The van der Waals surface area contributed by atoms with E-state index in [0.29, 0.717) is 11.8 Å². The van der Waals surface area contributed by atoms with E-state index in [0.717, 1.165) is 0 Å². The average molecular weight is 216 g/mol. The first-order valence-corrected chi connectivity index (χ1v) is 6.21. The molecule has 0 N–H and O–H groups in total. The van der Waals surface area contributed by atoms with Crippen molar-refractivity contribution in [2.75, 3.05) is 0 Å². The van der Waals surface area contributed by atoms with Crippen LogP contribution in [0.5, 0.6) is 0 Å². The number of hydrogen-bond acceptors (Lipinski definition) is 0. The Kier molecular flexibility index (Phi) is 4.35. The van der Waals surface area contributed by atoms with Crippen molar-refractivity contribution in [3.05, 3.63) is 41.0 Å². The number of hydrogen-bond donors (Lipinski definition) is 0. The van der Waals surface area contributed by atoms with Gasteiger partial charge in [0.25, 0.3) is 0 Å². The van der Waals surface area contributed by atoms with Crippen molar-refractivity contribution in [3.63, 3.8) is 0 Å². The minimum Gasteiger partial charge on any atom is -0.0620 e. The summed E-state index contributed by atoms with van der Waals surface area (Å²) in [4.78, 5) is 0. The molecule has 0 amide bonds.